The minimum absolute atomic E-state index is 0.284. The monoisotopic (exact) mass is 423 g/mol. The number of carbonyl (C=O) groups is 2. The molecule has 0 bridgehead atoms. The molecule has 7 heteroatoms. The molecule has 4 N–H and O–H groups in total. The van der Waals surface area contributed by atoms with Gasteiger partial charge in [0, 0.05) is 19.2 Å². The summed E-state index contributed by atoms with van der Waals surface area (Å²) in [6, 6.07) is 14.4. The summed E-state index contributed by atoms with van der Waals surface area (Å²) in [5.41, 5.74) is 8.48. The summed E-state index contributed by atoms with van der Waals surface area (Å²) in [5, 5.41) is 12.4. The lowest BCUT2D eigenvalue weighted by molar-refractivity contribution is -0.139. The lowest BCUT2D eigenvalue weighted by atomic mass is 9.93. The van der Waals surface area contributed by atoms with Gasteiger partial charge in [-0.3, -0.25) is 14.5 Å². The third-order valence-electron chi connectivity index (χ3n) is 5.35. The summed E-state index contributed by atoms with van der Waals surface area (Å²) in [6.07, 6.45) is 4.52. The molecule has 164 valence electrons. The van der Waals surface area contributed by atoms with Gasteiger partial charge in [0.25, 0.3) is 0 Å². The Morgan fingerprint density at radius 3 is 2.52 bits per heavy atom. The highest BCUT2D eigenvalue weighted by molar-refractivity contribution is 6.03. The molecule has 2 aromatic carbocycles. The smallest absolute Gasteiger partial charge is 0.310 e. The van der Waals surface area contributed by atoms with E-state index in [2.05, 4.69) is 10.2 Å². The van der Waals surface area contributed by atoms with E-state index >= 15 is 0 Å². The van der Waals surface area contributed by atoms with Crippen LogP contribution in [0.2, 0.25) is 0 Å². The van der Waals surface area contributed by atoms with E-state index < -0.39 is 11.9 Å². The van der Waals surface area contributed by atoms with Gasteiger partial charge >= 0.3 is 5.97 Å². The van der Waals surface area contributed by atoms with Crippen LogP contribution in [0, 0.1) is 0 Å². The lowest BCUT2D eigenvalue weighted by Crippen LogP contribution is -2.37. The number of carboxylic acids is 1. The van der Waals surface area contributed by atoms with Crippen molar-refractivity contribution in [1.29, 1.82) is 0 Å². The van der Waals surface area contributed by atoms with Gasteiger partial charge in [0.2, 0.25) is 5.91 Å². The molecule has 1 amide bonds. The first-order valence-corrected chi connectivity index (χ1v) is 10.5. The Hall–Kier alpha value is -3.16. The van der Waals surface area contributed by atoms with Crippen LogP contribution in [0.1, 0.15) is 29.9 Å². The maximum absolute atomic E-state index is 12.1. The number of carbonyl (C=O) groups excluding carboxylic acids is 1. The molecule has 0 aliphatic carbocycles. The zero-order chi connectivity index (χ0) is 22.1. The maximum Gasteiger partial charge on any atom is 0.310 e. The van der Waals surface area contributed by atoms with Crippen LogP contribution in [0.25, 0.3) is 6.08 Å². The summed E-state index contributed by atoms with van der Waals surface area (Å²) in [6.45, 7) is 4.18. The van der Waals surface area contributed by atoms with Crippen LogP contribution >= 0.6 is 0 Å². The van der Waals surface area contributed by atoms with Crippen molar-refractivity contribution in [2.45, 2.75) is 18.8 Å². The summed E-state index contributed by atoms with van der Waals surface area (Å²) in [4.78, 5) is 26.2. The van der Waals surface area contributed by atoms with Crippen molar-refractivity contribution < 1.29 is 19.4 Å². The number of nitrogens with one attached hydrogen (secondary N) is 1. The molecule has 2 aromatic rings. The van der Waals surface area contributed by atoms with E-state index in [0.29, 0.717) is 17.8 Å². The van der Waals surface area contributed by atoms with Crippen molar-refractivity contribution in [2.24, 2.45) is 0 Å². The molecule has 31 heavy (non-hydrogen) atoms. The number of amides is 1. The summed E-state index contributed by atoms with van der Waals surface area (Å²) in [7, 11) is 0. The number of carboxylic acid groups (broad SMARTS) is 1. The van der Waals surface area contributed by atoms with E-state index in [1.165, 1.54) is 6.08 Å². The first-order chi connectivity index (χ1) is 15.0. The topological polar surface area (TPSA) is 105 Å². The standard InChI is InChI=1S/C24H29N3O4/c25-21-5-1-2-6-22(21)26-23(28)12-9-18-7-10-19(11-8-18)20(24(29)30)4-3-13-27-14-16-31-17-15-27/h1-2,5-12,20H,3-4,13-17,25H2,(H,26,28)(H,29,30). The number of ether oxygens (including phenoxy) is 1. The van der Waals surface area contributed by atoms with Crippen molar-refractivity contribution in [2.75, 3.05) is 43.9 Å². The number of hydrogen-bond acceptors (Lipinski definition) is 5. The summed E-state index contributed by atoms with van der Waals surface area (Å²) >= 11 is 0. The highest BCUT2D eigenvalue weighted by Crippen LogP contribution is 2.23. The van der Waals surface area contributed by atoms with Crippen molar-refractivity contribution in [3.05, 3.63) is 65.7 Å². The predicted molar refractivity (Wildman–Crippen MR) is 122 cm³/mol. The molecule has 1 aliphatic heterocycles. The van der Waals surface area contributed by atoms with Gasteiger partial charge in [-0.05, 0) is 48.7 Å². The molecule has 1 aliphatic rings. The van der Waals surface area contributed by atoms with E-state index in [1.807, 2.05) is 24.3 Å². The van der Waals surface area contributed by atoms with E-state index in [0.717, 1.165) is 50.4 Å². The highest BCUT2D eigenvalue weighted by atomic mass is 16.5. The predicted octanol–water partition coefficient (Wildman–Crippen LogP) is 3.20. The molecule has 0 radical (unpaired) electrons. The third kappa shape index (κ3) is 6.94. The van der Waals surface area contributed by atoms with Crippen LogP contribution in [0.4, 0.5) is 11.4 Å². The number of morpholine rings is 1. The van der Waals surface area contributed by atoms with Crippen LogP contribution in [0.15, 0.2) is 54.6 Å². The van der Waals surface area contributed by atoms with Gasteiger partial charge in [0.15, 0.2) is 0 Å². The molecular weight excluding hydrogens is 394 g/mol. The summed E-state index contributed by atoms with van der Waals surface area (Å²) < 4.78 is 5.34. The van der Waals surface area contributed by atoms with Gasteiger partial charge in [-0.15, -0.1) is 0 Å². The zero-order valence-corrected chi connectivity index (χ0v) is 17.5. The molecule has 7 nitrogen and oxygen atoms in total. The van der Waals surface area contributed by atoms with Crippen LogP contribution in [-0.2, 0) is 14.3 Å². The number of para-hydroxylation sites is 2. The fourth-order valence-electron chi connectivity index (χ4n) is 3.57. The minimum atomic E-state index is -0.815. The van der Waals surface area contributed by atoms with Gasteiger partial charge in [-0.1, -0.05) is 36.4 Å². The van der Waals surface area contributed by atoms with Gasteiger partial charge in [0.05, 0.1) is 30.5 Å². The lowest BCUT2D eigenvalue weighted by Gasteiger charge is -2.26. The normalized spacial score (nSPS) is 15.6. The fourth-order valence-corrected chi connectivity index (χ4v) is 3.57. The number of nitrogens with zero attached hydrogens (tertiary/aromatic N) is 1. The maximum atomic E-state index is 12.1. The van der Waals surface area contributed by atoms with Crippen molar-refractivity contribution >= 4 is 29.3 Å². The highest BCUT2D eigenvalue weighted by Gasteiger charge is 2.20. The Balaban J connectivity index is 1.54. The molecule has 3 rings (SSSR count). The number of anilines is 2. The Bertz CT molecular complexity index is 905. The van der Waals surface area contributed by atoms with Crippen LogP contribution in [-0.4, -0.2) is 54.7 Å². The first kappa shape index (κ1) is 22.5. The van der Waals surface area contributed by atoms with Crippen molar-refractivity contribution in [1.82, 2.24) is 4.90 Å². The second-order valence-corrected chi connectivity index (χ2v) is 7.56. The molecule has 1 heterocycles. The van der Waals surface area contributed by atoms with Crippen molar-refractivity contribution in [3.63, 3.8) is 0 Å². The molecule has 1 saturated heterocycles. The SMILES string of the molecule is Nc1ccccc1NC(=O)C=Cc1ccc(C(CCCN2CCOCC2)C(=O)O)cc1. The number of nitrogens with two attached hydrogens (primary N) is 1. The van der Waals surface area contributed by atoms with Crippen LogP contribution in [0.5, 0.6) is 0 Å². The van der Waals surface area contributed by atoms with Crippen molar-refractivity contribution in [3.8, 4) is 0 Å². The van der Waals surface area contributed by atoms with Crippen LogP contribution < -0.4 is 11.1 Å². The summed E-state index contributed by atoms with van der Waals surface area (Å²) in [5.74, 6) is -1.64. The number of rotatable bonds is 9. The molecule has 0 aromatic heterocycles. The largest absolute Gasteiger partial charge is 0.481 e. The van der Waals surface area contributed by atoms with Gasteiger partial charge < -0.3 is 20.9 Å². The number of benzene rings is 2. The van der Waals surface area contributed by atoms with E-state index in [4.69, 9.17) is 10.5 Å². The van der Waals surface area contributed by atoms with E-state index in [9.17, 15) is 14.7 Å². The zero-order valence-electron chi connectivity index (χ0n) is 17.5. The Labute approximate surface area is 182 Å². The number of aliphatic carboxylic acids is 1. The minimum Gasteiger partial charge on any atom is -0.481 e. The molecule has 0 saturated carbocycles. The van der Waals surface area contributed by atoms with Gasteiger partial charge in [0.1, 0.15) is 0 Å². The molecule has 1 atom stereocenters. The fraction of sp³-hybridized carbons (Fsp3) is 0.333. The quantitative estimate of drug-likeness (QED) is 0.423. The molecule has 1 unspecified atom stereocenters. The molecule has 0 spiro atoms. The number of hydrogen-bond donors (Lipinski definition) is 3. The van der Waals surface area contributed by atoms with Crippen LogP contribution in [0.3, 0.4) is 0 Å². The Kier molecular flexibility index (Phi) is 8.20. The van der Waals surface area contributed by atoms with Gasteiger partial charge in [-0.25, -0.2) is 0 Å². The second kappa shape index (κ2) is 11.3. The van der Waals surface area contributed by atoms with E-state index in [-0.39, 0.29) is 5.91 Å². The second-order valence-electron chi connectivity index (χ2n) is 7.56. The van der Waals surface area contributed by atoms with Gasteiger partial charge in [-0.2, -0.15) is 0 Å². The Morgan fingerprint density at radius 1 is 1.13 bits per heavy atom. The first-order valence-electron chi connectivity index (χ1n) is 10.5. The molecular formula is C24H29N3O4. The average Bonchev–Trinajstić information content (AvgIpc) is 2.78. The molecule has 1 fully saturated rings. The average molecular weight is 424 g/mol. The third-order valence-corrected chi connectivity index (χ3v) is 5.35. The Morgan fingerprint density at radius 2 is 1.84 bits per heavy atom. The van der Waals surface area contributed by atoms with E-state index in [1.54, 1.807) is 30.3 Å². The number of nitrogen functional groups attached to an aromatic ring is 1.